The zero-order chi connectivity index (χ0) is 32.6. The lowest BCUT2D eigenvalue weighted by atomic mass is 10.0. The molecule has 46 heavy (non-hydrogen) atoms. The second-order valence-electron chi connectivity index (χ2n) is 9.83. The summed E-state index contributed by atoms with van der Waals surface area (Å²) in [6.45, 7) is 0. The fourth-order valence-corrected chi connectivity index (χ4v) is 6.16. The second kappa shape index (κ2) is 12.3. The van der Waals surface area contributed by atoms with Crippen molar-refractivity contribution < 1.29 is 46.8 Å². The molecule has 0 saturated heterocycles. The van der Waals surface area contributed by atoms with Gasteiger partial charge in [0.25, 0.3) is 33.7 Å². The zero-order valence-corrected chi connectivity index (χ0v) is 24.9. The number of carbonyl (C=O) groups is 4. The summed E-state index contributed by atoms with van der Waals surface area (Å²) in [5.74, 6) is -3.54. The first-order chi connectivity index (χ1) is 22.1. The molecule has 0 bridgehead atoms. The van der Waals surface area contributed by atoms with Crippen LogP contribution in [0, 0.1) is 0 Å². The van der Waals surface area contributed by atoms with Crippen molar-refractivity contribution in [1.29, 1.82) is 0 Å². The summed E-state index contributed by atoms with van der Waals surface area (Å²) in [6, 6.07) is 26.8. The molecule has 4 aromatic carbocycles. The number of nitrogens with zero attached hydrogens (tertiary/aromatic N) is 2. The maximum absolute atomic E-state index is 14.4. The molecular weight excluding hydrogens is 636 g/mol. The van der Waals surface area contributed by atoms with Gasteiger partial charge in [0.2, 0.25) is 0 Å². The number of hydrogen-bond acceptors (Lipinski definition) is 10. The Morgan fingerprint density at radius 1 is 0.652 bits per heavy atom. The number of rotatable bonds is 8. The Hall–Kier alpha value is -5.22. The van der Waals surface area contributed by atoms with Gasteiger partial charge in [-0.2, -0.15) is 8.42 Å². The SMILES string of the molecule is O=C1C2=C(c3ccccc3)N(C(=O)c3cccc(S(=O)(=O)O)c3)C(=O)C2=C(c2ccccc2)N1C(=O)c1cccc(SOOO)c1. The Balaban J connectivity index is 1.56. The molecule has 2 N–H and O–H groups in total. The third-order valence-corrected chi connectivity index (χ3v) is 8.55. The van der Waals surface area contributed by atoms with Crippen LogP contribution < -0.4 is 0 Å². The van der Waals surface area contributed by atoms with Gasteiger partial charge in [0.1, 0.15) is 0 Å². The molecule has 4 amide bonds. The molecule has 0 radical (unpaired) electrons. The predicted octanol–water partition coefficient (Wildman–Crippen LogP) is 4.85. The number of hydrogen-bond donors (Lipinski definition) is 2. The molecule has 2 heterocycles. The fraction of sp³-hybridized carbons (Fsp3) is 0. The van der Waals surface area contributed by atoms with Crippen molar-refractivity contribution >= 4 is 57.2 Å². The Bertz CT molecular complexity index is 2100. The van der Waals surface area contributed by atoms with E-state index in [9.17, 15) is 32.1 Å². The van der Waals surface area contributed by atoms with E-state index in [1.54, 1.807) is 66.7 Å². The van der Waals surface area contributed by atoms with Crippen molar-refractivity contribution in [3.63, 3.8) is 0 Å². The number of benzene rings is 4. The molecule has 0 aromatic heterocycles. The lowest BCUT2D eigenvalue weighted by molar-refractivity contribution is -0.432. The van der Waals surface area contributed by atoms with Gasteiger partial charge in [-0.1, -0.05) is 77.8 Å². The van der Waals surface area contributed by atoms with Crippen LogP contribution in [0.3, 0.4) is 0 Å². The number of amides is 4. The molecule has 2 aliphatic heterocycles. The zero-order valence-electron chi connectivity index (χ0n) is 23.3. The van der Waals surface area contributed by atoms with Crippen LogP contribution in [-0.2, 0) is 29.1 Å². The molecule has 0 fully saturated rings. The van der Waals surface area contributed by atoms with Gasteiger partial charge in [-0.25, -0.2) is 15.1 Å². The van der Waals surface area contributed by atoms with E-state index in [0.29, 0.717) is 28.1 Å². The molecule has 14 heteroatoms. The molecule has 0 aliphatic carbocycles. The highest BCUT2D eigenvalue weighted by Gasteiger charge is 2.52. The van der Waals surface area contributed by atoms with Gasteiger partial charge >= 0.3 is 0 Å². The topological polar surface area (TPSA) is 168 Å². The van der Waals surface area contributed by atoms with Gasteiger partial charge in [0, 0.05) is 16.0 Å². The van der Waals surface area contributed by atoms with E-state index in [1.165, 1.54) is 30.3 Å². The molecule has 230 valence electrons. The highest BCUT2D eigenvalue weighted by Crippen LogP contribution is 2.47. The van der Waals surface area contributed by atoms with Crippen molar-refractivity contribution in [3.05, 3.63) is 143 Å². The maximum Gasteiger partial charge on any atom is 0.294 e. The first-order valence-electron chi connectivity index (χ1n) is 13.3. The van der Waals surface area contributed by atoms with Crippen molar-refractivity contribution in [2.45, 2.75) is 9.79 Å². The van der Waals surface area contributed by atoms with Gasteiger partial charge in [-0.05, 0) is 47.5 Å². The van der Waals surface area contributed by atoms with E-state index in [0.717, 1.165) is 21.9 Å². The Kier molecular flexibility index (Phi) is 8.22. The third kappa shape index (κ3) is 5.45. The molecular formula is C32H20N2O10S2. The van der Waals surface area contributed by atoms with Crippen LogP contribution in [0.2, 0.25) is 0 Å². The Labute approximate surface area is 265 Å². The monoisotopic (exact) mass is 656 g/mol. The normalized spacial score (nSPS) is 14.7. The average Bonchev–Trinajstić information content (AvgIpc) is 3.54. The molecule has 0 saturated carbocycles. The van der Waals surface area contributed by atoms with E-state index in [1.807, 2.05) is 0 Å². The molecule has 0 spiro atoms. The summed E-state index contributed by atoms with van der Waals surface area (Å²) in [4.78, 5) is 58.2. The van der Waals surface area contributed by atoms with Gasteiger partial charge in [0.15, 0.2) is 0 Å². The third-order valence-electron chi connectivity index (χ3n) is 7.13. The summed E-state index contributed by atoms with van der Waals surface area (Å²) >= 11 is 0.610. The summed E-state index contributed by atoms with van der Waals surface area (Å²) in [6.07, 6.45) is 0. The molecule has 4 aromatic rings. The van der Waals surface area contributed by atoms with Gasteiger partial charge in [-0.3, -0.25) is 23.7 Å². The Morgan fingerprint density at radius 3 is 1.61 bits per heavy atom. The molecule has 0 unspecified atom stereocenters. The van der Waals surface area contributed by atoms with E-state index in [2.05, 4.69) is 9.37 Å². The highest BCUT2D eigenvalue weighted by molar-refractivity contribution is 7.94. The standard InChI is InChI=1S/C32H20N2O10S2/c35-29(21-13-7-15-23(17-21)45-44-43-39)33-27(19-9-3-1-4-10-19)25-26(31(33)37)28(20-11-5-2-6-12-20)34(32(25)38)30(36)22-14-8-16-24(18-22)46(40,41)42/h1-18,39H,(H,40,41,42). The second-order valence-corrected chi connectivity index (χ2v) is 12.0. The van der Waals surface area contributed by atoms with Crippen molar-refractivity contribution in [3.8, 4) is 0 Å². The van der Waals surface area contributed by atoms with Crippen LogP contribution in [0.5, 0.6) is 0 Å². The van der Waals surface area contributed by atoms with E-state index < -0.39 is 38.6 Å². The largest absolute Gasteiger partial charge is 0.294 e. The van der Waals surface area contributed by atoms with Crippen LogP contribution in [0.4, 0.5) is 0 Å². The van der Waals surface area contributed by atoms with Crippen LogP contribution in [0.15, 0.2) is 130 Å². The summed E-state index contributed by atoms with van der Waals surface area (Å²) in [5.41, 5.74) is -0.139. The molecule has 6 rings (SSSR count). The van der Waals surface area contributed by atoms with Gasteiger partial charge < -0.3 is 0 Å². The Morgan fingerprint density at radius 2 is 1.13 bits per heavy atom. The highest BCUT2D eigenvalue weighted by atomic mass is 32.2. The maximum atomic E-state index is 14.4. The van der Waals surface area contributed by atoms with Crippen LogP contribution in [-0.4, -0.2) is 51.7 Å². The first kappa shape index (κ1) is 30.8. The van der Waals surface area contributed by atoms with E-state index in [-0.39, 0.29) is 33.7 Å². The van der Waals surface area contributed by atoms with Gasteiger partial charge in [0.05, 0.1) is 39.5 Å². The smallest absolute Gasteiger partial charge is 0.282 e. The van der Waals surface area contributed by atoms with Crippen LogP contribution >= 0.6 is 12.0 Å². The van der Waals surface area contributed by atoms with Crippen molar-refractivity contribution in [2.75, 3.05) is 0 Å². The lowest BCUT2D eigenvalue weighted by Gasteiger charge is -2.23. The summed E-state index contributed by atoms with van der Waals surface area (Å²) < 4.78 is 37.6. The van der Waals surface area contributed by atoms with E-state index >= 15 is 0 Å². The van der Waals surface area contributed by atoms with E-state index in [4.69, 9.17) is 5.26 Å². The molecule has 2 aliphatic rings. The van der Waals surface area contributed by atoms with Crippen LogP contribution in [0.25, 0.3) is 11.4 Å². The molecule has 12 nitrogen and oxygen atoms in total. The number of fused-ring (bicyclic) bond motifs is 1. The minimum Gasteiger partial charge on any atom is -0.282 e. The minimum absolute atomic E-state index is 0.0400. The first-order valence-corrected chi connectivity index (χ1v) is 15.5. The van der Waals surface area contributed by atoms with Gasteiger partial charge in [-0.15, -0.1) is 4.33 Å². The average molecular weight is 657 g/mol. The minimum atomic E-state index is -4.69. The van der Waals surface area contributed by atoms with Crippen molar-refractivity contribution in [2.24, 2.45) is 0 Å². The quantitative estimate of drug-likeness (QED) is 0.0875. The number of imide groups is 2. The summed E-state index contributed by atoms with van der Waals surface area (Å²) in [5, 5.41) is 12.1. The fourth-order valence-electron chi connectivity index (χ4n) is 5.21. The molecule has 0 atom stereocenters. The van der Waals surface area contributed by atoms with Crippen molar-refractivity contribution in [1.82, 2.24) is 9.80 Å². The number of carbonyl (C=O) groups excluding carboxylic acids is 4. The predicted molar refractivity (Wildman–Crippen MR) is 162 cm³/mol. The lowest BCUT2D eigenvalue weighted by Crippen LogP contribution is -2.36. The summed E-state index contributed by atoms with van der Waals surface area (Å²) in [7, 11) is -4.69. The van der Waals surface area contributed by atoms with Crippen LogP contribution in [0.1, 0.15) is 31.8 Å².